The first kappa shape index (κ1) is 78.3. The van der Waals surface area contributed by atoms with E-state index in [0.717, 1.165) is 150 Å². The van der Waals surface area contributed by atoms with E-state index < -0.39 is 35.1 Å². The van der Waals surface area contributed by atoms with Gasteiger partial charge in [0.2, 0.25) is 17.6 Å². The highest BCUT2D eigenvalue weighted by Crippen LogP contribution is 2.36. The normalized spacial score (nSPS) is 33.1. The zero-order chi connectivity index (χ0) is 72.8. The number of imide groups is 1. The predicted molar refractivity (Wildman–Crippen MR) is 416 cm³/mol. The lowest BCUT2D eigenvalue weighted by atomic mass is 9.80. The first-order valence-electron chi connectivity index (χ1n) is 38.5. The number of amides is 3. The Hall–Kier alpha value is -5.77. The van der Waals surface area contributed by atoms with E-state index in [1.54, 1.807) is 19.1 Å². The fraction of sp³-hybridized carbons (Fsp3) is 0.724. The average molecular weight is 1500 g/mol. The van der Waals surface area contributed by atoms with E-state index in [0.29, 0.717) is 91.6 Å². The van der Waals surface area contributed by atoms with Crippen molar-refractivity contribution in [2.24, 2.45) is 43.6 Å². The maximum absolute atomic E-state index is 14.2. The Morgan fingerprint density at radius 3 is 1.69 bits per heavy atom. The van der Waals surface area contributed by atoms with Crippen molar-refractivity contribution in [1.82, 2.24) is 51.1 Å². The van der Waals surface area contributed by atoms with Crippen LogP contribution >= 0.6 is 47.0 Å². The fourth-order valence-electron chi connectivity index (χ4n) is 16.0. The predicted octanol–water partition coefficient (Wildman–Crippen LogP) is 8.33. The van der Waals surface area contributed by atoms with Crippen molar-refractivity contribution in [3.8, 4) is 0 Å². The van der Waals surface area contributed by atoms with Crippen molar-refractivity contribution in [3.63, 3.8) is 0 Å². The number of aliphatic imine (C=N–C) groups is 4. The molecule has 6 N–H and O–H groups in total. The van der Waals surface area contributed by atoms with Gasteiger partial charge >= 0.3 is 5.97 Å². The molecule has 27 heteroatoms. The standard InChI is InChI=1S/C76H114N14O9S4/c1-9-53-20-29-86-30-22-55(78-73(86)77-53)43-101-65-26-35-88-32-24-57(80-75(88)84-65)45-103-66-27-36-89-33-23-56(81-76(89)85-66)44-102-64-25-34-87-31-21-54(79-74(87)83-64)42-100-63-41-67(94)90(72(63)98)28-14-18-58(92)17-11-10-12-19-59-60-38-46(2)37-49(5)68(95)50(6)39-51(7)70(99-52(8)91)47(3)15-13-16-48(4)71(97)82-61(69(60)96)40-62(59)93/h13,15-16,39-40,46-47,49-50,53-57,63-66,68,70,95H,9-12,14,17-38,41-45H2,1-8H3,(H,77,78)(H,79,83)(H,80,84)(H,81,85)(H,82,97)/b15-13-,48-16+,51-39+/t46-,47-,49-,50-,53-,54+,55+,56+,57+,63?,64-,65-,66-,68-,70+/m0/s1. The molecule has 5 fully saturated rings. The Morgan fingerprint density at radius 2 is 1.15 bits per heavy atom. The van der Waals surface area contributed by atoms with E-state index in [4.69, 9.17) is 24.7 Å². The van der Waals surface area contributed by atoms with Crippen LogP contribution in [0.3, 0.4) is 0 Å². The minimum Gasteiger partial charge on any atom is -0.457 e. The van der Waals surface area contributed by atoms with Gasteiger partial charge in [-0.1, -0.05) is 65.3 Å². The molecule has 3 amide bonds. The van der Waals surface area contributed by atoms with Crippen LogP contribution < -0.4 is 26.6 Å². The molecule has 0 aromatic rings. The summed E-state index contributed by atoms with van der Waals surface area (Å²) in [5, 5.41) is 29.6. The van der Waals surface area contributed by atoms with Crippen molar-refractivity contribution in [3.05, 3.63) is 58.4 Å². The molecular formula is C76H114N14O9S4. The van der Waals surface area contributed by atoms with Crippen molar-refractivity contribution in [2.45, 2.75) is 241 Å². The number of likely N-dealkylation sites (tertiary alicyclic amines) is 1. The monoisotopic (exact) mass is 1490 g/mol. The van der Waals surface area contributed by atoms with Crippen LogP contribution in [0.25, 0.3) is 0 Å². The number of thioether (sulfide) groups is 4. The smallest absolute Gasteiger partial charge is 0.303 e. The molecule has 1 aliphatic carbocycles. The lowest BCUT2D eigenvalue weighted by Gasteiger charge is -2.42. The molecule has 10 aliphatic heterocycles. The van der Waals surface area contributed by atoms with E-state index >= 15 is 0 Å². The summed E-state index contributed by atoms with van der Waals surface area (Å²) in [7, 11) is 0. The van der Waals surface area contributed by atoms with Gasteiger partial charge in [0.15, 0.2) is 29.6 Å². The molecule has 11 rings (SSSR count). The van der Waals surface area contributed by atoms with E-state index in [9.17, 15) is 38.7 Å². The first-order chi connectivity index (χ1) is 49.6. The average Bonchev–Trinajstić information content (AvgIpc) is 1.29. The van der Waals surface area contributed by atoms with E-state index in [-0.39, 0.29) is 101 Å². The Kier molecular flexibility index (Phi) is 28.3. The molecule has 0 saturated carbocycles. The van der Waals surface area contributed by atoms with Gasteiger partial charge in [0, 0.05) is 167 Å². The quantitative estimate of drug-likeness (QED) is 0.0174. The molecule has 10 heterocycles. The van der Waals surface area contributed by atoms with Crippen LogP contribution in [0.4, 0.5) is 0 Å². The number of hydrogen-bond acceptors (Lipinski definition) is 25. The largest absolute Gasteiger partial charge is 0.457 e. The summed E-state index contributed by atoms with van der Waals surface area (Å²) < 4.78 is 5.72. The number of hydrogen-bond donors (Lipinski definition) is 6. The Bertz CT molecular complexity index is 3390. The summed E-state index contributed by atoms with van der Waals surface area (Å²) in [4.78, 5) is 126. The summed E-state index contributed by atoms with van der Waals surface area (Å²) >= 11 is 7.45. The third kappa shape index (κ3) is 21.3. The molecule has 5 saturated heterocycles. The van der Waals surface area contributed by atoms with E-state index in [1.807, 2.05) is 82.1 Å². The van der Waals surface area contributed by atoms with Crippen LogP contribution in [0.1, 0.15) is 177 Å². The maximum Gasteiger partial charge on any atom is 0.303 e. The topological polar surface area (TPSA) is 275 Å². The molecule has 0 radical (unpaired) electrons. The van der Waals surface area contributed by atoms with Crippen LogP contribution in [-0.2, 0) is 38.3 Å². The minimum atomic E-state index is -0.740. The van der Waals surface area contributed by atoms with Crippen molar-refractivity contribution >= 4 is 112 Å². The number of allylic oxidation sites excluding steroid dienone is 5. The zero-order valence-corrected chi connectivity index (χ0v) is 65.3. The number of aliphatic hydroxyl groups excluding tert-OH is 1. The number of nitrogens with one attached hydrogen (secondary N) is 5. The van der Waals surface area contributed by atoms with Crippen LogP contribution in [0.5, 0.6) is 0 Å². The third-order valence-corrected chi connectivity index (χ3v) is 27.5. The number of esters is 1. The lowest BCUT2D eigenvalue weighted by molar-refractivity contribution is -0.146. The second-order valence-electron chi connectivity index (χ2n) is 30.5. The summed E-state index contributed by atoms with van der Waals surface area (Å²) in [5.41, 5.74) is 1.79. The van der Waals surface area contributed by atoms with Gasteiger partial charge in [0.25, 0.3) is 5.91 Å². The van der Waals surface area contributed by atoms with Crippen LogP contribution in [0.15, 0.2) is 78.3 Å². The number of aliphatic hydroxyl groups is 1. The number of fused-ring (bicyclic) bond motifs is 6. The highest BCUT2D eigenvalue weighted by Gasteiger charge is 2.41. The molecule has 0 spiro atoms. The summed E-state index contributed by atoms with van der Waals surface area (Å²) in [6.45, 7) is 23.3. The van der Waals surface area contributed by atoms with Gasteiger partial charge < -0.3 is 56.0 Å². The number of Topliss-reactive ketones (excluding diaryl/α,β-unsaturated/α-hetero) is 2. The third-order valence-electron chi connectivity index (χ3n) is 22.2. The van der Waals surface area contributed by atoms with Crippen molar-refractivity contribution in [1.29, 1.82) is 0 Å². The van der Waals surface area contributed by atoms with Gasteiger partial charge in [0.1, 0.15) is 28.0 Å². The number of unbranched alkanes of at least 4 members (excludes halogenated alkanes) is 2. The van der Waals surface area contributed by atoms with Gasteiger partial charge in [-0.05, 0) is 128 Å². The molecule has 2 bridgehead atoms. The highest BCUT2D eigenvalue weighted by atomic mass is 32.2. The Morgan fingerprint density at radius 1 is 0.631 bits per heavy atom. The van der Waals surface area contributed by atoms with Gasteiger partial charge in [-0.3, -0.25) is 38.5 Å². The van der Waals surface area contributed by atoms with Gasteiger partial charge in [-0.15, -0.1) is 47.0 Å². The second kappa shape index (κ2) is 37.2. The highest BCUT2D eigenvalue weighted by molar-refractivity contribution is 8.01. The second-order valence-corrected chi connectivity index (χ2v) is 35.4. The number of carbonyl (C=O) groups excluding carboxylic acids is 7. The molecule has 1 unspecified atom stereocenters. The molecule has 15 atom stereocenters. The minimum absolute atomic E-state index is 0.0461. The molecule has 11 aliphatic rings. The molecule has 566 valence electrons. The van der Waals surface area contributed by atoms with E-state index in [2.05, 4.69) is 53.1 Å². The summed E-state index contributed by atoms with van der Waals surface area (Å²) in [6, 6.07) is 1.74. The number of nitrogens with zero attached hydrogens (tertiary/aromatic N) is 9. The number of guanidine groups is 4. The summed E-state index contributed by atoms with van der Waals surface area (Å²) in [5.74, 6) is 5.03. The molecule has 103 heavy (non-hydrogen) atoms. The maximum atomic E-state index is 14.2. The molecule has 0 aromatic heterocycles. The molecule has 0 aromatic carbocycles. The zero-order valence-electron chi connectivity index (χ0n) is 62.0. The SMILES string of the molecule is CC[C@H]1CCN2CC[C@H](CS[C@H]3CCN4CC[C@H](CS[C@H]5CCN6CC[C@H](CS[C@H]7CCN8CC[C@H](CSC9CC(=O)N(CCCC(=O)CCCCCC%10=C%11C[C@@H](C)C[C@H](C)[C@H](O)[C@@H](C)/C=C(\C)[C@H](OC(C)=O)[C@@H](C)/C=C\C=C(/C)C(=O)NC(=CC%10=O)C%11=O)C9=O)NC8=N7)NC6=N5)NC4=N3)NC2=N1. The summed E-state index contributed by atoms with van der Waals surface area (Å²) in [6.07, 6.45) is 20.7. The van der Waals surface area contributed by atoms with Crippen LogP contribution in [-0.4, -0.2) is 240 Å². The first-order valence-corrected chi connectivity index (χ1v) is 42.7. The van der Waals surface area contributed by atoms with Crippen LogP contribution in [0.2, 0.25) is 0 Å². The fourth-order valence-corrected chi connectivity index (χ4v) is 20.7. The molecule has 23 nitrogen and oxygen atoms in total. The molecular weight excluding hydrogens is 1380 g/mol. The van der Waals surface area contributed by atoms with Crippen molar-refractivity contribution < 1.29 is 43.4 Å². The number of ketones is 3. The lowest BCUT2D eigenvalue weighted by Crippen LogP contribution is -2.57. The number of ether oxygens (including phenoxy) is 1. The van der Waals surface area contributed by atoms with Gasteiger partial charge in [-0.2, -0.15) is 0 Å². The van der Waals surface area contributed by atoms with Crippen molar-refractivity contribution in [2.75, 3.05) is 81.9 Å². The Labute approximate surface area is 627 Å². The van der Waals surface area contributed by atoms with Gasteiger partial charge in [-0.25, -0.2) is 20.0 Å². The Balaban J connectivity index is 0.574. The number of carbonyl (C=O) groups is 7. The number of rotatable bonds is 24. The van der Waals surface area contributed by atoms with Crippen LogP contribution in [0, 0.1) is 23.7 Å². The van der Waals surface area contributed by atoms with Gasteiger partial charge in [0.05, 0.1) is 23.1 Å². The van der Waals surface area contributed by atoms with E-state index in [1.165, 1.54) is 36.1 Å².